The molecular formula is C22H15F6N5O2S. The number of carbonyl (C=O) groups is 1. The molecule has 0 spiro atoms. The van der Waals surface area contributed by atoms with Gasteiger partial charge in [0, 0.05) is 5.56 Å². The molecule has 4 aromatic rings. The van der Waals surface area contributed by atoms with Crippen molar-refractivity contribution in [3.63, 3.8) is 0 Å². The highest BCUT2D eigenvalue weighted by molar-refractivity contribution is 7.80. The van der Waals surface area contributed by atoms with E-state index in [0.717, 1.165) is 4.57 Å². The number of aromatic nitrogens is 4. The van der Waals surface area contributed by atoms with Gasteiger partial charge < -0.3 is 10.5 Å². The second-order valence-corrected chi connectivity index (χ2v) is 7.80. The van der Waals surface area contributed by atoms with Crippen LogP contribution in [0, 0.1) is 0 Å². The predicted octanol–water partition coefficient (Wildman–Crippen LogP) is 5.31. The maximum atomic E-state index is 13.4. The number of amides is 1. The van der Waals surface area contributed by atoms with E-state index in [9.17, 15) is 31.1 Å². The molecule has 2 heterocycles. The summed E-state index contributed by atoms with van der Waals surface area (Å²) >= 11 is 4.11. The molecule has 0 atom stereocenters. The lowest BCUT2D eigenvalue weighted by Crippen LogP contribution is -2.15. The Labute approximate surface area is 204 Å². The van der Waals surface area contributed by atoms with Crippen molar-refractivity contribution in [2.45, 2.75) is 24.4 Å². The van der Waals surface area contributed by atoms with E-state index in [-0.39, 0.29) is 33.9 Å². The molecule has 188 valence electrons. The topological polar surface area (TPSA) is 95.9 Å². The zero-order chi connectivity index (χ0) is 26.4. The van der Waals surface area contributed by atoms with Gasteiger partial charge in [-0.2, -0.15) is 26.3 Å². The summed E-state index contributed by atoms with van der Waals surface area (Å²) in [4.78, 5) is 24.5. The number of imidazole rings is 1. The fraction of sp³-hybridized carbons (Fsp3) is 0.182. The van der Waals surface area contributed by atoms with Crippen molar-refractivity contribution in [1.82, 2.24) is 19.5 Å². The number of halogens is 6. The number of hydrogen-bond acceptors (Lipinski definition) is 6. The molecule has 2 aromatic carbocycles. The van der Waals surface area contributed by atoms with Gasteiger partial charge in [-0.3, -0.25) is 9.36 Å². The van der Waals surface area contributed by atoms with Crippen molar-refractivity contribution in [3.8, 4) is 22.8 Å². The zero-order valence-corrected chi connectivity index (χ0v) is 19.0. The lowest BCUT2D eigenvalue weighted by molar-refractivity contribution is -0.143. The third kappa shape index (κ3) is 4.80. The third-order valence-electron chi connectivity index (χ3n) is 4.98. The molecule has 0 aliphatic rings. The number of hydrogen-bond donors (Lipinski definition) is 2. The number of thiol groups is 1. The van der Waals surface area contributed by atoms with Crippen LogP contribution in [0.15, 0.2) is 47.6 Å². The van der Waals surface area contributed by atoms with Crippen LogP contribution in [0.3, 0.4) is 0 Å². The average molecular weight is 527 g/mol. The van der Waals surface area contributed by atoms with Crippen LogP contribution in [0.5, 0.6) is 5.75 Å². The SMILES string of the molecule is CCOc1ccc(-c2nc(C(N)=O)c3nc(S)n(-c4cc(C(F)(F)F)cc(C(F)(F)F)c4)c3n2)cc1. The number of alkyl halides is 6. The number of primary amides is 1. The lowest BCUT2D eigenvalue weighted by atomic mass is 10.1. The Balaban J connectivity index is 2.01. The first kappa shape index (κ1) is 25.3. The summed E-state index contributed by atoms with van der Waals surface area (Å²) in [7, 11) is 0. The van der Waals surface area contributed by atoms with Crippen LogP contribution in [-0.4, -0.2) is 32.0 Å². The fourth-order valence-electron chi connectivity index (χ4n) is 3.42. The molecular weight excluding hydrogens is 512 g/mol. The highest BCUT2D eigenvalue weighted by atomic mass is 32.1. The molecule has 2 N–H and O–H groups in total. The maximum Gasteiger partial charge on any atom is 0.416 e. The highest BCUT2D eigenvalue weighted by Crippen LogP contribution is 2.38. The molecule has 0 saturated carbocycles. The standard InChI is InChI=1S/C22H15F6N5O2S/c1-2-35-14-5-3-10(4-6-14)18-30-15(17(29)34)16-19(32-18)33(20(36)31-16)13-8-11(21(23,24)25)7-12(9-13)22(26,27)28/h3-9H,2H2,1H3,(H2,29,34)(H,31,36). The Morgan fingerprint density at radius 1 is 0.972 bits per heavy atom. The van der Waals surface area contributed by atoms with Gasteiger partial charge >= 0.3 is 12.4 Å². The Morgan fingerprint density at radius 3 is 2.06 bits per heavy atom. The largest absolute Gasteiger partial charge is 0.494 e. The first-order valence-electron chi connectivity index (χ1n) is 10.1. The van der Waals surface area contributed by atoms with Gasteiger partial charge in [0.05, 0.1) is 23.4 Å². The molecule has 4 rings (SSSR count). The first-order valence-corrected chi connectivity index (χ1v) is 10.6. The van der Waals surface area contributed by atoms with E-state index in [1.54, 1.807) is 31.2 Å². The summed E-state index contributed by atoms with van der Waals surface area (Å²) in [5.41, 5.74) is 1.25. The molecule has 7 nitrogen and oxygen atoms in total. The number of ether oxygens (including phenoxy) is 1. The van der Waals surface area contributed by atoms with Crippen molar-refractivity contribution in [2.75, 3.05) is 6.61 Å². The third-order valence-corrected chi connectivity index (χ3v) is 5.28. The molecule has 0 radical (unpaired) electrons. The van der Waals surface area contributed by atoms with E-state index in [0.29, 0.717) is 30.1 Å². The van der Waals surface area contributed by atoms with Gasteiger partial charge in [-0.05, 0) is 49.4 Å². The van der Waals surface area contributed by atoms with Gasteiger partial charge in [0.1, 0.15) is 11.3 Å². The van der Waals surface area contributed by atoms with Gasteiger partial charge in [-0.25, -0.2) is 15.0 Å². The second-order valence-electron chi connectivity index (χ2n) is 7.40. The zero-order valence-electron chi connectivity index (χ0n) is 18.1. The molecule has 0 fully saturated rings. The minimum absolute atomic E-state index is 0.00398. The smallest absolute Gasteiger partial charge is 0.416 e. The van der Waals surface area contributed by atoms with Crippen LogP contribution >= 0.6 is 12.6 Å². The Kier molecular flexibility index (Phi) is 6.32. The van der Waals surface area contributed by atoms with Crippen LogP contribution in [-0.2, 0) is 12.4 Å². The number of nitrogens with zero attached hydrogens (tertiary/aromatic N) is 4. The van der Waals surface area contributed by atoms with Crippen LogP contribution < -0.4 is 10.5 Å². The number of carbonyl (C=O) groups excluding carboxylic acids is 1. The van der Waals surface area contributed by atoms with Crippen molar-refractivity contribution in [1.29, 1.82) is 0 Å². The summed E-state index contributed by atoms with van der Waals surface area (Å²) in [6, 6.07) is 7.31. The van der Waals surface area contributed by atoms with Crippen molar-refractivity contribution >= 4 is 29.7 Å². The van der Waals surface area contributed by atoms with E-state index in [1.165, 1.54) is 0 Å². The van der Waals surface area contributed by atoms with Crippen LogP contribution in [0.1, 0.15) is 28.5 Å². The normalized spacial score (nSPS) is 12.2. The molecule has 0 aliphatic heterocycles. The molecule has 36 heavy (non-hydrogen) atoms. The molecule has 14 heteroatoms. The molecule has 1 amide bonds. The molecule has 0 saturated heterocycles. The number of fused-ring (bicyclic) bond motifs is 1. The quantitative estimate of drug-likeness (QED) is 0.271. The number of rotatable bonds is 5. The van der Waals surface area contributed by atoms with E-state index in [4.69, 9.17) is 10.5 Å². The van der Waals surface area contributed by atoms with E-state index >= 15 is 0 Å². The summed E-state index contributed by atoms with van der Waals surface area (Å²) in [5, 5.41) is -0.335. The number of benzene rings is 2. The van der Waals surface area contributed by atoms with Gasteiger partial charge in [0.2, 0.25) is 0 Å². The Hall–Kier alpha value is -3.81. The van der Waals surface area contributed by atoms with E-state index in [2.05, 4.69) is 27.6 Å². The van der Waals surface area contributed by atoms with Crippen LogP contribution in [0.4, 0.5) is 26.3 Å². The van der Waals surface area contributed by atoms with Gasteiger partial charge in [0.25, 0.3) is 5.91 Å². The van der Waals surface area contributed by atoms with Crippen molar-refractivity contribution in [2.24, 2.45) is 5.73 Å². The predicted molar refractivity (Wildman–Crippen MR) is 119 cm³/mol. The second kappa shape index (κ2) is 9.00. The summed E-state index contributed by atoms with van der Waals surface area (Å²) in [6.07, 6.45) is -10.2. The molecule has 0 bridgehead atoms. The van der Waals surface area contributed by atoms with Gasteiger partial charge in [-0.15, -0.1) is 12.6 Å². The average Bonchev–Trinajstić information content (AvgIpc) is 3.13. The summed E-state index contributed by atoms with van der Waals surface area (Å²) < 4.78 is 86.8. The Morgan fingerprint density at radius 2 is 1.56 bits per heavy atom. The highest BCUT2D eigenvalue weighted by Gasteiger charge is 2.37. The molecule has 0 aliphatic carbocycles. The minimum atomic E-state index is -5.08. The van der Waals surface area contributed by atoms with Crippen molar-refractivity contribution < 1.29 is 35.9 Å². The lowest BCUT2D eigenvalue weighted by Gasteiger charge is -2.15. The van der Waals surface area contributed by atoms with Crippen molar-refractivity contribution in [3.05, 3.63) is 59.3 Å². The van der Waals surface area contributed by atoms with E-state index in [1.807, 2.05) is 0 Å². The molecule has 0 unspecified atom stereocenters. The van der Waals surface area contributed by atoms with Gasteiger partial charge in [0.15, 0.2) is 22.3 Å². The number of nitrogens with two attached hydrogens (primary N) is 1. The summed E-state index contributed by atoms with van der Waals surface area (Å²) in [5.74, 6) is -0.576. The molecule has 2 aromatic heterocycles. The first-order chi connectivity index (χ1) is 16.8. The van der Waals surface area contributed by atoms with Crippen LogP contribution in [0.25, 0.3) is 28.2 Å². The van der Waals surface area contributed by atoms with Gasteiger partial charge in [-0.1, -0.05) is 0 Å². The maximum absolute atomic E-state index is 13.4. The van der Waals surface area contributed by atoms with E-state index < -0.39 is 35.1 Å². The van der Waals surface area contributed by atoms with Crippen LogP contribution in [0.2, 0.25) is 0 Å². The minimum Gasteiger partial charge on any atom is -0.494 e. The fourth-order valence-corrected chi connectivity index (χ4v) is 3.73. The Bertz CT molecular complexity index is 1430. The summed E-state index contributed by atoms with van der Waals surface area (Å²) in [6.45, 7) is 2.20. The monoisotopic (exact) mass is 527 g/mol.